The van der Waals surface area contributed by atoms with Gasteiger partial charge in [0.15, 0.2) is 0 Å². The van der Waals surface area contributed by atoms with Gasteiger partial charge in [-0.1, -0.05) is 35.4 Å². The smallest absolute Gasteiger partial charge is 0.416 e. The predicted octanol–water partition coefficient (Wildman–Crippen LogP) is 2.28. The van der Waals surface area contributed by atoms with Gasteiger partial charge in [-0.3, -0.25) is 4.79 Å². The molecule has 1 aromatic rings. The number of ether oxygens (including phenoxy) is 1. The minimum absolute atomic E-state index is 0.155. The molecule has 7 nitrogen and oxygen atoms in total. The zero-order valence-corrected chi connectivity index (χ0v) is 11.0. The topological polar surface area (TPSA) is 95.4 Å². The largest absolute Gasteiger partial charge is 0.447 e. The van der Waals surface area contributed by atoms with Crippen molar-refractivity contribution in [3.8, 4) is 0 Å². The second-order valence-corrected chi connectivity index (χ2v) is 4.51. The van der Waals surface area contributed by atoms with Gasteiger partial charge in [0, 0.05) is 4.91 Å². The Kier molecular flexibility index (Phi) is 4.22. The summed E-state index contributed by atoms with van der Waals surface area (Å²) in [5.41, 5.74) is 9.37. The van der Waals surface area contributed by atoms with E-state index in [-0.39, 0.29) is 12.6 Å². The summed E-state index contributed by atoms with van der Waals surface area (Å²) in [7, 11) is 0. The van der Waals surface area contributed by atoms with Crippen molar-refractivity contribution >= 4 is 12.0 Å². The normalized spacial score (nSPS) is 19.1. The van der Waals surface area contributed by atoms with Crippen LogP contribution in [0.15, 0.2) is 35.4 Å². The molecule has 1 heterocycles. The summed E-state index contributed by atoms with van der Waals surface area (Å²) >= 11 is 0. The molecule has 1 aliphatic rings. The molecule has 2 rings (SSSR count). The second-order valence-electron chi connectivity index (χ2n) is 4.51. The molecule has 0 bridgehead atoms. The SMILES string of the molecule is C[C@@H](N=[N+]=[N-])C(=O)N1C(=O)OC[C@@H]1Cc1ccccc1. The van der Waals surface area contributed by atoms with Gasteiger partial charge in [0.05, 0.1) is 6.04 Å². The van der Waals surface area contributed by atoms with E-state index in [1.54, 1.807) is 0 Å². The van der Waals surface area contributed by atoms with Gasteiger partial charge >= 0.3 is 6.09 Å². The molecule has 1 fully saturated rings. The average Bonchev–Trinajstić information content (AvgIpc) is 2.80. The van der Waals surface area contributed by atoms with Gasteiger partial charge < -0.3 is 4.74 Å². The van der Waals surface area contributed by atoms with Crippen LogP contribution in [0.2, 0.25) is 0 Å². The third-order valence-electron chi connectivity index (χ3n) is 3.09. The first kappa shape index (κ1) is 13.9. The molecule has 7 heteroatoms. The molecule has 0 radical (unpaired) electrons. The van der Waals surface area contributed by atoms with E-state index in [4.69, 9.17) is 10.3 Å². The Balaban J connectivity index is 2.14. The van der Waals surface area contributed by atoms with E-state index in [2.05, 4.69) is 10.0 Å². The lowest BCUT2D eigenvalue weighted by molar-refractivity contribution is -0.130. The minimum Gasteiger partial charge on any atom is -0.447 e. The zero-order valence-electron chi connectivity index (χ0n) is 11.0. The number of hydrogen-bond acceptors (Lipinski definition) is 4. The standard InChI is InChI=1S/C13H14N4O3/c1-9(15-16-14)12(18)17-11(8-20-13(17)19)7-10-5-3-2-4-6-10/h2-6,9,11H,7-8H2,1H3/t9-,11+/m1/s1. The molecule has 0 N–H and O–H groups in total. The molecule has 1 saturated heterocycles. The Hall–Kier alpha value is -2.53. The van der Waals surface area contributed by atoms with Crippen molar-refractivity contribution in [3.05, 3.63) is 46.3 Å². The molecule has 0 unspecified atom stereocenters. The molecule has 1 aromatic carbocycles. The van der Waals surface area contributed by atoms with Gasteiger partial charge in [0.1, 0.15) is 12.6 Å². The number of imide groups is 1. The van der Waals surface area contributed by atoms with Crippen LogP contribution in [0.1, 0.15) is 12.5 Å². The van der Waals surface area contributed by atoms with E-state index in [9.17, 15) is 9.59 Å². The van der Waals surface area contributed by atoms with Crippen molar-refractivity contribution in [3.63, 3.8) is 0 Å². The Morgan fingerprint density at radius 2 is 2.25 bits per heavy atom. The number of amides is 2. The van der Waals surface area contributed by atoms with Gasteiger partial charge in [0.2, 0.25) is 5.91 Å². The number of rotatable bonds is 4. The minimum atomic E-state index is -0.927. The molecule has 20 heavy (non-hydrogen) atoms. The summed E-state index contributed by atoms with van der Waals surface area (Å²) in [6, 6.07) is 8.22. The lowest BCUT2D eigenvalue weighted by Crippen LogP contribution is -2.44. The van der Waals surface area contributed by atoms with Crippen molar-refractivity contribution in [2.75, 3.05) is 6.61 Å². The van der Waals surface area contributed by atoms with Gasteiger partial charge in [-0.25, -0.2) is 9.69 Å². The number of nitrogens with zero attached hydrogens (tertiary/aromatic N) is 4. The van der Waals surface area contributed by atoms with Crippen molar-refractivity contribution in [1.82, 2.24) is 4.90 Å². The molecular formula is C13H14N4O3. The van der Waals surface area contributed by atoms with Gasteiger partial charge in [-0.05, 0) is 24.4 Å². The van der Waals surface area contributed by atoms with Crippen LogP contribution < -0.4 is 0 Å². The fourth-order valence-corrected chi connectivity index (χ4v) is 2.10. The number of azide groups is 1. The number of benzene rings is 1. The molecule has 0 aromatic heterocycles. The third-order valence-corrected chi connectivity index (χ3v) is 3.09. The maximum Gasteiger partial charge on any atom is 0.416 e. The van der Waals surface area contributed by atoms with Crippen LogP contribution in [0, 0.1) is 0 Å². The molecule has 0 saturated carbocycles. The first-order chi connectivity index (χ1) is 9.63. The van der Waals surface area contributed by atoms with E-state index in [0.29, 0.717) is 6.42 Å². The first-order valence-corrected chi connectivity index (χ1v) is 6.21. The van der Waals surface area contributed by atoms with Crippen LogP contribution in [0.3, 0.4) is 0 Å². The molecule has 2 atom stereocenters. The van der Waals surface area contributed by atoms with Crippen LogP contribution in [-0.2, 0) is 16.0 Å². The Morgan fingerprint density at radius 3 is 2.90 bits per heavy atom. The van der Waals surface area contributed by atoms with Crippen LogP contribution in [0.4, 0.5) is 4.79 Å². The Labute approximate surface area is 115 Å². The van der Waals surface area contributed by atoms with Crippen LogP contribution in [0.5, 0.6) is 0 Å². The molecule has 1 aliphatic heterocycles. The van der Waals surface area contributed by atoms with Crippen molar-refractivity contribution in [2.24, 2.45) is 5.11 Å². The summed E-state index contributed by atoms with van der Waals surface area (Å²) in [5, 5.41) is 3.33. The molecule has 0 spiro atoms. The van der Waals surface area contributed by atoms with E-state index < -0.39 is 18.0 Å². The lowest BCUT2D eigenvalue weighted by Gasteiger charge is -2.21. The highest BCUT2D eigenvalue weighted by molar-refractivity contribution is 5.96. The molecular weight excluding hydrogens is 260 g/mol. The van der Waals surface area contributed by atoms with Crippen LogP contribution >= 0.6 is 0 Å². The Morgan fingerprint density at radius 1 is 1.55 bits per heavy atom. The summed E-state index contributed by atoms with van der Waals surface area (Å²) in [6.07, 6.45) is -0.169. The molecule has 0 aliphatic carbocycles. The van der Waals surface area contributed by atoms with E-state index in [1.165, 1.54) is 6.92 Å². The summed E-state index contributed by atoms with van der Waals surface area (Å²) in [6.45, 7) is 1.61. The van der Waals surface area contributed by atoms with Crippen molar-refractivity contribution < 1.29 is 14.3 Å². The number of hydrogen-bond donors (Lipinski definition) is 0. The highest BCUT2D eigenvalue weighted by atomic mass is 16.6. The van der Waals surface area contributed by atoms with Crippen molar-refractivity contribution in [1.29, 1.82) is 0 Å². The predicted molar refractivity (Wildman–Crippen MR) is 70.7 cm³/mol. The van der Waals surface area contributed by atoms with E-state index in [0.717, 1.165) is 10.5 Å². The number of carbonyl (C=O) groups excluding carboxylic acids is 2. The third kappa shape index (κ3) is 2.89. The maximum absolute atomic E-state index is 12.1. The second kappa shape index (κ2) is 6.08. The summed E-state index contributed by atoms with van der Waals surface area (Å²) < 4.78 is 4.93. The van der Waals surface area contributed by atoms with Crippen LogP contribution in [-0.4, -0.2) is 35.6 Å². The summed E-state index contributed by atoms with van der Waals surface area (Å²) in [4.78, 5) is 27.4. The Bertz CT molecular complexity index is 554. The lowest BCUT2D eigenvalue weighted by atomic mass is 10.1. The van der Waals surface area contributed by atoms with E-state index in [1.807, 2.05) is 30.3 Å². The van der Waals surface area contributed by atoms with Gasteiger partial charge in [0.25, 0.3) is 0 Å². The molecule has 2 amide bonds. The average molecular weight is 274 g/mol. The summed E-state index contributed by atoms with van der Waals surface area (Å²) in [5.74, 6) is -0.536. The highest BCUT2D eigenvalue weighted by Crippen LogP contribution is 2.19. The molecule has 104 valence electrons. The van der Waals surface area contributed by atoms with Crippen molar-refractivity contribution in [2.45, 2.75) is 25.4 Å². The maximum atomic E-state index is 12.1. The van der Waals surface area contributed by atoms with Crippen LogP contribution in [0.25, 0.3) is 10.4 Å². The van der Waals surface area contributed by atoms with E-state index >= 15 is 0 Å². The number of cyclic esters (lactones) is 1. The quantitative estimate of drug-likeness (QED) is 0.478. The van der Waals surface area contributed by atoms with Gasteiger partial charge in [-0.15, -0.1) is 0 Å². The fraction of sp³-hybridized carbons (Fsp3) is 0.385. The van der Waals surface area contributed by atoms with Gasteiger partial charge in [-0.2, -0.15) is 0 Å². The number of carbonyl (C=O) groups is 2. The highest BCUT2D eigenvalue weighted by Gasteiger charge is 2.39. The monoisotopic (exact) mass is 274 g/mol. The fourth-order valence-electron chi connectivity index (χ4n) is 2.10. The zero-order chi connectivity index (χ0) is 14.5. The first-order valence-electron chi connectivity index (χ1n) is 6.21.